The summed E-state index contributed by atoms with van der Waals surface area (Å²) in [5.74, 6) is 0.208. The molecule has 1 saturated heterocycles. The summed E-state index contributed by atoms with van der Waals surface area (Å²) in [6, 6.07) is 2.18. The number of nitrogens with zero attached hydrogens (tertiary/aromatic N) is 1. The van der Waals surface area contributed by atoms with Gasteiger partial charge in [0.15, 0.2) is 6.29 Å². The molecule has 70 valence electrons. The summed E-state index contributed by atoms with van der Waals surface area (Å²) in [7, 11) is 0. The maximum atomic E-state index is 9.69. The highest BCUT2D eigenvalue weighted by atomic mass is 16.6. The van der Waals surface area contributed by atoms with Crippen molar-refractivity contribution in [1.29, 1.82) is 5.26 Å². The van der Waals surface area contributed by atoms with Gasteiger partial charge in [-0.15, -0.1) is 0 Å². The van der Waals surface area contributed by atoms with Crippen molar-refractivity contribution in [3.63, 3.8) is 0 Å². The fourth-order valence-electron chi connectivity index (χ4n) is 3.31. The molecule has 0 amide bonds. The molecule has 6 atom stereocenters. The Morgan fingerprint density at radius 1 is 1.46 bits per heavy atom. The molecule has 0 aromatic carbocycles. The van der Waals surface area contributed by atoms with Gasteiger partial charge in [-0.1, -0.05) is 0 Å². The number of nitriles is 1. The zero-order valence-corrected chi connectivity index (χ0v) is 7.05. The number of hydrogen-bond acceptors (Lipinski definition) is 4. The highest BCUT2D eigenvalue weighted by molar-refractivity contribution is 5.21. The lowest BCUT2D eigenvalue weighted by Crippen LogP contribution is -2.37. The number of hydrogen-bond donors (Lipinski definition) is 2. The van der Waals surface area contributed by atoms with Crippen molar-refractivity contribution >= 4 is 0 Å². The van der Waals surface area contributed by atoms with Gasteiger partial charge in [0, 0.05) is 5.92 Å². The van der Waals surface area contributed by atoms with Crippen LogP contribution in [0.4, 0.5) is 0 Å². The molecule has 0 aromatic heterocycles. The Morgan fingerprint density at radius 2 is 2.23 bits per heavy atom. The molecule has 0 spiro atoms. The predicted octanol–water partition coefficient (Wildman–Crippen LogP) is -0.386. The monoisotopic (exact) mass is 181 g/mol. The predicted molar refractivity (Wildman–Crippen MR) is 41.1 cm³/mol. The van der Waals surface area contributed by atoms with Crippen molar-refractivity contribution in [2.24, 2.45) is 17.3 Å². The normalized spacial score (nSPS) is 62.7. The fraction of sp³-hybridized carbons (Fsp3) is 0.889. The Kier molecular flexibility index (Phi) is 1.23. The minimum Gasteiger partial charge on any atom is -0.390 e. The first kappa shape index (κ1) is 7.74. The minimum absolute atomic E-state index is 0.0486. The quantitative estimate of drug-likeness (QED) is 0.534. The van der Waals surface area contributed by atoms with E-state index in [0.717, 1.165) is 6.42 Å². The van der Waals surface area contributed by atoms with E-state index in [9.17, 15) is 10.2 Å². The summed E-state index contributed by atoms with van der Waals surface area (Å²) in [6.45, 7) is 0. The van der Waals surface area contributed by atoms with E-state index in [-0.39, 0.29) is 17.9 Å². The van der Waals surface area contributed by atoms with E-state index in [0.29, 0.717) is 6.42 Å². The second kappa shape index (κ2) is 2.06. The summed E-state index contributed by atoms with van der Waals surface area (Å²) >= 11 is 0. The molecule has 3 unspecified atom stereocenters. The highest BCUT2D eigenvalue weighted by Crippen LogP contribution is 2.62. The molecule has 13 heavy (non-hydrogen) atoms. The second-order valence-electron chi connectivity index (χ2n) is 4.40. The van der Waals surface area contributed by atoms with Crippen molar-refractivity contribution in [2.45, 2.75) is 31.3 Å². The summed E-state index contributed by atoms with van der Waals surface area (Å²) in [6.07, 6.45) is -0.338. The van der Waals surface area contributed by atoms with Crippen molar-refractivity contribution in [3.05, 3.63) is 0 Å². The maximum absolute atomic E-state index is 9.69. The Hall–Kier alpha value is -0.630. The first-order valence-electron chi connectivity index (χ1n) is 4.62. The molecule has 2 N–H and O–H groups in total. The van der Waals surface area contributed by atoms with Crippen LogP contribution in [0.25, 0.3) is 0 Å². The first-order valence-corrected chi connectivity index (χ1v) is 4.62. The van der Waals surface area contributed by atoms with Gasteiger partial charge in [-0.05, 0) is 18.8 Å². The fourth-order valence-corrected chi connectivity index (χ4v) is 3.31. The highest BCUT2D eigenvalue weighted by Gasteiger charge is 2.69. The third kappa shape index (κ3) is 0.644. The van der Waals surface area contributed by atoms with E-state index in [1.54, 1.807) is 0 Å². The van der Waals surface area contributed by atoms with Gasteiger partial charge in [-0.3, -0.25) is 0 Å². The van der Waals surface area contributed by atoms with Gasteiger partial charge >= 0.3 is 0 Å². The first-order chi connectivity index (χ1) is 6.19. The van der Waals surface area contributed by atoms with E-state index in [2.05, 4.69) is 6.07 Å². The van der Waals surface area contributed by atoms with Gasteiger partial charge < -0.3 is 14.9 Å². The molecular formula is C9H11NO3. The topological polar surface area (TPSA) is 73.5 Å². The van der Waals surface area contributed by atoms with Crippen LogP contribution in [0.2, 0.25) is 0 Å². The van der Waals surface area contributed by atoms with Crippen LogP contribution in [0.15, 0.2) is 0 Å². The van der Waals surface area contributed by atoms with E-state index < -0.39 is 17.8 Å². The van der Waals surface area contributed by atoms with Crippen LogP contribution < -0.4 is 0 Å². The van der Waals surface area contributed by atoms with Crippen LogP contribution >= 0.6 is 0 Å². The van der Waals surface area contributed by atoms with Crippen LogP contribution in [0.5, 0.6) is 0 Å². The van der Waals surface area contributed by atoms with Gasteiger partial charge in [-0.2, -0.15) is 5.26 Å². The van der Waals surface area contributed by atoms with E-state index in [1.807, 2.05) is 0 Å². The molecule has 3 aliphatic rings. The van der Waals surface area contributed by atoms with Gasteiger partial charge in [-0.25, -0.2) is 0 Å². The summed E-state index contributed by atoms with van der Waals surface area (Å²) < 4.78 is 5.23. The Morgan fingerprint density at radius 3 is 2.85 bits per heavy atom. The molecule has 2 saturated carbocycles. The van der Waals surface area contributed by atoms with Crippen LogP contribution in [-0.2, 0) is 4.74 Å². The van der Waals surface area contributed by atoms with Crippen LogP contribution in [-0.4, -0.2) is 28.7 Å². The van der Waals surface area contributed by atoms with Crippen LogP contribution in [0, 0.1) is 28.6 Å². The van der Waals surface area contributed by atoms with Crippen molar-refractivity contribution in [2.75, 3.05) is 0 Å². The average molecular weight is 181 g/mol. The van der Waals surface area contributed by atoms with Crippen molar-refractivity contribution < 1.29 is 14.9 Å². The Bertz CT molecular complexity index is 300. The third-order valence-corrected chi connectivity index (χ3v) is 3.97. The molecular weight excluding hydrogens is 170 g/mol. The summed E-state index contributed by atoms with van der Waals surface area (Å²) in [4.78, 5) is 0. The van der Waals surface area contributed by atoms with Gasteiger partial charge in [0.25, 0.3) is 0 Å². The second-order valence-corrected chi connectivity index (χ2v) is 4.40. The minimum atomic E-state index is -0.991. The van der Waals surface area contributed by atoms with Crippen LogP contribution in [0.3, 0.4) is 0 Å². The Labute approximate surface area is 75.7 Å². The molecule has 0 aromatic rings. The SMILES string of the molecule is N#C[C@]12C[C@H]3CC1C(O[C@@H]2O)C3O. The number of fused-ring (bicyclic) bond motifs is 1. The molecule has 4 nitrogen and oxygen atoms in total. The molecule has 3 fully saturated rings. The number of aliphatic hydroxyl groups is 2. The zero-order chi connectivity index (χ0) is 9.22. The van der Waals surface area contributed by atoms with Crippen LogP contribution in [0.1, 0.15) is 12.8 Å². The average Bonchev–Trinajstić information content (AvgIpc) is 2.68. The maximum Gasteiger partial charge on any atom is 0.174 e. The molecule has 1 aliphatic heterocycles. The number of aliphatic hydroxyl groups excluding tert-OH is 2. The standard InChI is InChI=1S/C9H11NO3/c10-3-9-2-4-1-5(9)7(6(4)11)13-8(9)12/h4-8,11-12H,1-2H2/t4-,5?,6?,7?,8+,9-/m1/s1. The number of rotatable bonds is 0. The lowest BCUT2D eigenvalue weighted by Gasteiger charge is -2.27. The molecule has 0 radical (unpaired) electrons. The van der Waals surface area contributed by atoms with E-state index >= 15 is 0 Å². The summed E-state index contributed by atoms with van der Waals surface area (Å²) in [5, 5.41) is 28.3. The van der Waals surface area contributed by atoms with E-state index in [1.165, 1.54) is 0 Å². The van der Waals surface area contributed by atoms with Crippen molar-refractivity contribution in [3.8, 4) is 6.07 Å². The number of ether oxygens (including phenoxy) is 1. The molecule has 1 heterocycles. The lowest BCUT2D eigenvalue weighted by atomic mass is 9.74. The van der Waals surface area contributed by atoms with Gasteiger partial charge in [0.2, 0.25) is 0 Å². The van der Waals surface area contributed by atoms with E-state index in [4.69, 9.17) is 10.00 Å². The molecule has 4 heteroatoms. The third-order valence-electron chi connectivity index (χ3n) is 3.97. The van der Waals surface area contributed by atoms with Crippen molar-refractivity contribution in [1.82, 2.24) is 0 Å². The molecule has 2 aliphatic carbocycles. The molecule has 3 rings (SSSR count). The lowest BCUT2D eigenvalue weighted by molar-refractivity contribution is -0.129. The van der Waals surface area contributed by atoms with Gasteiger partial charge in [0.05, 0.1) is 18.3 Å². The Balaban J connectivity index is 2.07. The summed E-state index contributed by atoms with van der Waals surface area (Å²) in [5.41, 5.74) is -0.714. The zero-order valence-electron chi connectivity index (χ0n) is 7.05. The smallest absolute Gasteiger partial charge is 0.174 e. The largest absolute Gasteiger partial charge is 0.390 e. The van der Waals surface area contributed by atoms with Gasteiger partial charge in [0.1, 0.15) is 5.41 Å². The molecule has 2 bridgehead atoms.